The quantitative estimate of drug-likeness (QED) is 0.308. The number of ether oxygens (including phenoxy) is 1. The summed E-state index contributed by atoms with van der Waals surface area (Å²) in [6.45, 7) is 5.52. The predicted molar refractivity (Wildman–Crippen MR) is 58.8 cm³/mol. The van der Waals surface area contributed by atoms with Gasteiger partial charge in [0, 0.05) is 5.71 Å². The number of thiocarbonyl (C=S) groups is 1. The Bertz CT molecular complexity index is 253. The molecule has 0 amide bonds. The lowest BCUT2D eigenvalue weighted by atomic mass is 10.1. The molecule has 3 N–H and O–H groups in total. The van der Waals surface area contributed by atoms with Crippen molar-refractivity contribution in [1.29, 1.82) is 0 Å². The van der Waals surface area contributed by atoms with Gasteiger partial charge in [-0.3, -0.25) is 10.2 Å². The standard InChI is InChI=1S/C8H15N3O2S/c1-4-13-7(12)5(2)6(3)10-11-8(9)14/h5H,4H2,1-3H3,(H3,9,11,14). The fourth-order valence-corrected chi connectivity index (χ4v) is 0.724. The van der Waals surface area contributed by atoms with Crippen LogP contribution in [0.4, 0.5) is 0 Å². The van der Waals surface area contributed by atoms with E-state index in [4.69, 9.17) is 10.5 Å². The molecule has 0 bridgehead atoms. The molecule has 1 atom stereocenters. The molecule has 0 rings (SSSR count). The number of hydrogen-bond donors (Lipinski definition) is 2. The minimum atomic E-state index is -0.392. The maximum absolute atomic E-state index is 11.2. The average Bonchev–Trinajstić information content (AvgIpc) is 2.13. The largest absolute Gasteiger partial charge is 0.465 e. The first-order valence-electron chi connectivity index (χ1n) is 4.25. The number of nitrogens with zero attached hydrogens (tertiary/aromatic N) is 1. The monoisotopic (exact) mass is 217 g/mol. The van der Waals surface area contributed by atoms with Crippen LogP contribution in [0.3, 0.4) is 0 Å². The topological polar surface area (TPSA) is 76.7 Å². The fourth-order valence-electron chi connectivity index (χ4n) is 0.678. The van der Waals surface area contributed by atoms with E-state index in [9.17, 15) is 4.79 Å². The molecule has 0 aliphatic carbocycles. The van der Waals surface area contributed by atoms with Gasteiger partial charge >= 0.3 is 5.97 Å². The number of carbonyl (C=O) groups excluding carboxylic acids is 1. The van der Waals surface area contributed by atoms with E-state index in [2.05, 4.69) is 22.7 Å². The van der Waals surface area contributed by atoms with Crippen LogP contribution in [0.15, 0.2) is 5.10 Å². The van der Waals surface area contributed by atoms with E-state index in [1.54, 1.807) is 20.8 Å². The van der Waals surface area contributed by atoms with Crippen LogP contribution in [0.25, 0.3) is 0 Å². The highest BCUT2D eigenvalue weighted by atomic mass is 32.1. The SMILES string of the molecule is CCOC(=O)C(C)C(C)=NNC(N)=S. The first-order valence-corrected chi connectivity index (χ1v) is 4.66. The summed E-state index contributed by atoms with van der Waals surface area (Å²) in [5.41, 5.74) is 8.17. The van der Waals surface area contributed by atoms with Crippen LogP contribution in [-0.4, -0.2) is 23.4 Å². The van der Waals surface area contributed by atoms with Crippen molar-refractivity contribution < 1.29 is 9.53 Å². The van der Waals surface area contributed by atoms with Crippen LogP contribution in [-0.2, 0) is 9.53 Å². The van der Waals surface area contributed by atoms with E-state index in [1.165, 1.54) is 0 Å². The van der Waals surface area contributed by atoms with Crippen LogP contribution in [0.1, 0.15) is 20.8 Å². The molecule has 0 aliphatic heterocycles. The molecule has 0 saturated heterocycles. The summed E-state index contributed by atoms with van der Waals surface area (Å²) >= 11 is 4.56. The van der Waals surface area contributed by atoms with Crippen LogP contribution >= 0.6 is 12.2 Å². The molecule has 5 nitrogen and oxygen atoms in total. The number of hydrazone groups is 1. The molecule has 1 unspecified atom stereocenters. The number of esters is 1. The highest BCUT2D eigenvalue weighted by Gasteiger charge is 2.16. The minimum Gasteiger partial charge on any atom is -0.465 e. The second kappa shape index (κ2) is 6.31. The highest BCUT2D eigenvalue weighted by Crippen LogP contribution is 2.01. The number of hydrogen-bond acceptors (Lipinski definition) is 4. The van der Waals surface area contributed by atoms with Crippen molar-refractivity contribution in [2.24, 2.45) is 16.8 Å². The van der Waals surface area contributed by atoms with E-state index < -0.39 is 5.92 Å². The predicted octanol–water partition coefficient (Wildman–Crippen LogP) is 0.395. The van der Waals surface area contributed by atoms with Gasteiger partial charge in [0.25, 0.3) is 0 Å². The lowest BCUT2D eigenvalue weighted by molar-refractivity contribution is -0.145. The maximum atomic E-state index is 11.2. The summed E-state index contributed by atoms with van der Waals surface area (Å²) < 4.78 is 4.82. The molecule has 0 fully saturated rings. The van der Waals surface area contributed by atoms with Gasteiger partial charge in [0.1, 0.15) is 0 Å². The molecular weight excluding hydrogens is 202 g/mol. The second-order valence-corrected chi connectivity index (χ2v) is 3.14. The Kier molecular flexibility index (Phi) is 5.78. The molecule has 0 aromatic rings. The van der Waals surface area contributed by atoms with Crippen LogP contribution in [0, 0.1) is 5.92 Å². The Balaban J connectivity index is 4.22. The van der Waals surface area contributed by atoms with E-state index in [0.29, 0.717) is 12.3 Å². The third-order valence-corrected chi connectivity index (χ3v) is 1.70. The lowest BCUT2D eigenvalue weighted by Gasteiger charge is -2.09. The highest BCUT2D eigenvalue weighted by molar-refractivity contribution is 7.80. The van der Waals surface area contributed by atoms with Crippen molar-refractivity contribution in [3.63, 3.8) is 0 Å². The molecule has 0 heterocycles. The van der Waals surface area contributed by atoms with Crippen molar-refractivity contribution in [2.75, 3.05) is 6.61 Å². The summed E-state index contributed by atoms with van der Waals surface area (Å²) in [5, 5.41) is 3.90. The summed E-state index contributed by atoms with van der Waals surface area (Å²) in [5.74, 6) is -0.699. The molecule has 6 heteroatoms. The normalized spacial score (nSPS) is 13.2. The lowest BCUT2D eigenvalue weighted by Crippen LogP contribution is -2.28. The van der Waals surface area contributed by atoms with Gasteiger partial charge in [-0.1, -0.05) is 0 Å². The molecule has 14 heavy (non-hydrogen) atoms. The van der Waals surface area contributed by atoms with Gasteiger partial charge in [-0.2, -0.15) is 5.10 Å². The summed E-state index contributed by atoms with van der Waals surface area (Å²) in [4.78, 5) is 11.2. The van der Waals surface area contributed by atoms with Gasteiger partial charge in [0.15, 0.2) is 5.11 Å². The molecule has 0 radical (unpaired) electrons. The third-order valence-electron chi connectivity index (χ3n) is 1.61. The third kappa shape index (κ3) is 4.76. The zero-order chi connectivity index (χ0) is 11.1. The first kappa shape index (κ1) is 12.8. The van der Waals surface area contributed by atoms with Crippen molar-refractivity contribution in [1.82, 2.24) is 5.43 Å². The Hall–Kier alpha value is -1.17. The number of nitrogens with one attached hydrogen (secondary N) is 1. The van der Waals surface area contributed by atoms with E-state index >= 15 is 0 Å². The minimum absolute atomic E-state index is 0.0698. The van der Waals surface area contributed by atoms with Crippen molar-refractivity contribution in [2.45, 2.75) is 20.8 Å². The molecular formula is C8H15N3O2S. The molecule has 0 spiro atoms. The Morgan fingerprint density at radius 2 is 2.29 bits per heavy atom. The Morgan fingerprint density at radius 1 is 1.71 bits per heavy atom. The van der Waals surface area contributed by atoms with Crippen molar-refractivity contribution >= 4 is 29.0 Å². The van der Waals surface area contributed by atoms with Gasteiger partial charge in [-0.05, 0) is 33.0 Å². The molecule has 0 saturated carbocycles. The smallest absolute Gasteiger partial charge is 0.314 e. The van der Waals surface area contributed by atoms with E-state index in [1.807, 2.05) is 0 Å². The number of rotatable bonds is 4. The van der Waals surface area contributed by atoms with Gasteiger partial charge in [0.2, 0.25) is 0 Å². The molecule has 0 aromatic heterocycles. The Morgan fingerprint density at radius 3 is 2.71 bits per heavy atom. The summed E-state index contributed by atoms with van der Waals surface area (Å²) in [7, 11) is 0. The van der Waals surface area contributed by atoms with Crippen molar-refractivity contribution in [3.8, 4) is 0 Å². The first-order chi connectivity index (χ1) is 6.49. The fraction of sp³-hybridized carbons (Fsp3) is 0.625. The molecule has 0 aromatic carbocycles. The van der Waals surface area contributed by atoms with Gasteiger partial charge in [-0.25, -0.2) is 0 Å². The van der Waals surface area contributed by atoms with Gasteiger partial charge in [-0.15, -0.1) is 0 Å². The van der Waals surface area contributed by atoms with Crippen LogP contribution in [0.2, 0.25) is 0 Å². The average molecular weight is 217 g/mol. The zero-order valence-corrected chi connectivity index (χ0v) is 9.35. The van der Waals surface area contributed by atoms with Crippen molar-refractivity contribution in [3.05, 3.63) is 0 Å². The summed E-state index contributed by atoms with van der Waals surface area (Å²) in [6, 6.07) is 0. The number of carbonyl (C=O) groups is 1. The Labute approximate surface area is 88.7 Å². The van der Waals surface area contributed by atoms with Gasteiger partial charge < -0.3 is 10.5 Å². The van der Waals surface area contributed by atoms with Crippen LogP contribution < -0.4 is 11.2 Å². The molecule has 0 aliphatic rings. The second-order valence-electron chi connectivity index (χ2n) is 2.70. The number of nitrogens with two attached hydrogens (primary N) is 1. The van der Waals surface area contributed by atoms with E-state index in [0.717, 1.165) is 0 Å². The molecule has 80 valence electrons. The van der Waals surface area contributed by atoms with Crippen LogP contribution in [0.5, 0.6) is 0 Å². The van der Waals surface area contributed by atoms with Gasteiger partial charge in [0.05, 0.1) is 12.5 Å². The summed E-state index contributed by atoms with van der Waals surface area (Å²) in [6.07, 6.45) is 0. The zero-order valence-electron chi connectivity index (χ0n) is 8.53. The maximum Gasteiger partial charge on any atom is 0.314 e. The van der Waals surface area contributed by atoms with E-state index in [-0.39, 0.29) is 11.1 Å².